The summed E-state index contributed by atoms with van der Waals surface area (Å²) in [5, 5.41) is 9.99. The van der Waals surface area contributed by atoms with Crippen molar-refractivity contribution >= 4 is 0 Å². The van der Waals surface area contributed by atoms with Gasteiger partial charge in [0, 0.05) is 0 Å². The van der Waals surface area contributed by atoms with Crippen LogP contribution in [0.15, 0.2) is 30.3 Å². The number of rotatable bonds is 4. The molecule has 1 rings (SSSR count). The summed E-state index contributed by atoms with van der Waals surface area (Å²) < 4.78 is 0. The molecule has 78 valence electrons. The van der Waals surface area contributed by atoms with Gasteiger partial charge < -0.3 is 5.11 Å². The first-order chi connectivity index (χ1) is 6.55. The van der Waals surface area contributed by atoms with Crippen LogP contribution in [0.5, 0.6) is 0 Å². The minimum atomic E-state index is -0.328. The Labute approximate surface area is 86.8 Å². The van der Waals surface area contributed by atoms with E-state index in [9.17, 15) is 5.11 Å². The number of aliphatic hydroxyl groups is 1. The fraction of sp³-hybridized carbons (Fsp3) is 0.538. The summed E-state index contributed by atoms with van der Waals surface area (Å²) in [6, 6.07) is 9.88. The molecular weight excluding hydrogens is 172 g/mol. The topological polar surface area (TPSA) is 20.2 Å². The first-order valence-electron chi connectivity index (χ1n) is 5.28. The molecule has 1 N–H and O–H groups in total. The van der Waals surface area contributed by atoms with Gasteiger partial charge in [-0.05, 0) is 17.4 Å². The Kier molecular flexibility index (Phi) is 3.70. The van der Waals surface area contributed by atoms with E-state index in [0.717, 1.165) is 18.4 Å². The molecule has 0 fully saturated rings. The quantitative estimate of drug-likeness (QED) is 0.773. The molecular formula is C13H20O. The van der Waals surface area contributed by atoms with Crippen molar-refractivity contribution in [3.63, 3.8) is 0 Å². The highest BCUT2D eigenvalue weighted by Gasteiger charge is 2.20. The first-order valence-corrected chi connectivity index (χ1v) is 5.28. The second-order valence-corrected chi connectivity index (χ2v) is 4.65. The zero-order valence-corrected chi connectivity index (χ0v) is 9.33. The van der Waals surface area contributed by atoms with Crippen molar-refractivity contribution in [2.24, 2.45) is 5.41 Å². The molecule has 1 heteroatoms. The van der Waals surface area contributed by atoms with E-state index < -0.39 is 0 Å². The molecule has 1 nitrogen and oxygen atoms in total. The highest BCUT2D eigenvalue weighted by Crippen LogP contribution is 2.32. The molecule has 0 radical (unpaired) electrons. The van der Waals surface area contributed by atoms with Gasteiger partial charge in [0.15, 0.2) is 0 Å². The fourth-order valence-corrected chi connectivity index (χ4v) is 1.46. The average Bonchev–Trinajstić information content (AvgIpc) is 2.19. The molecule has 0 spiro atoms. The standard InChI is InChI=1S/C13H20O/c1-4-13(2,3)10-12(14)11-8-6-5-7-9-11/h5-9,12,14H,4,10H2,1-3H3. The van der Waals surface area contributed by atoms with Crippen molar-refractivity contribution in [2.45, 2.75) is 39.7 Å². The van der Waals surface area contributed by atoms with Gasteiger partial charge in [0.1, 0.15) is 0 Å². The summed E-state index contributed by atoms with van der Waals surface area (Å²) in [7, 11) is 0. The van der Waals surface area contributed by atoms with Crippen molar-refractivity contribution in [3.8, 4) is 0 Å². The van der Waals surface area contributed by atoms with Gasteiger partial charge in [-0.3, -0.25) is 0 Å². The van der Waals surface area contributed by atoms with E-state index in [0.29, 0.717) is 0 Å². The van der Waals surface area contributed by atoms with Crippen LogP contribution < -0.4 is 0 Å². The lowest BCUT2D eigenvalue weighted by Gasteiger charge is -2.25. The average molecular weight is 192 g/mol. The molecule has 0 saturated heterocycles. The van der Waals surface area contributed by atoms with Crippen molar-refractivity contribution in [2.75, 3.05) is 0 Å². The molecule has 0 amide bonds. The van der Waals surface area contributed by atoms with Crippen LogP contribution in [0.2, 0.25) is 0 Å². The Morgan fingerprint density at radius 2 is 1.79 bits per heavy atom. The van der Waals surface area contributed by atoms with Crippen LogP contribution >= 0.6 is 0 Å². The molecule has 0 aliphatic heterocycles. The van der Waals surface area contributed by atoms with Gasteiger partial charge in [-0.2, -0.15) is 0 Å². The smallest absolute Gasteiger partial charge is 0.0795 e. The second kappa shape index (κ2) is 4.61. The highest BCUT2D eigenvalue weighted by atomic mass is 16.3. The third-order valence-corrected chi connectivity index (χ3v) is 2.89. The summed E-state index contributed by atoms with van der Waals surface area (Å²) in [5.41, 5.74) is 1.24. The number of benzene rings is 1. The van der Waals surface area contributed by atoms with Crippen LogP contribution in [-0.4, -0.2) is 5.11 Å². The van der Waals surface area contributed by atoms with E-state index in [1.165, 1.54) is 0 Å². The first kappa shape index (κ1) is 11.3. The summed E-state index contributed by atoms with van der Waals surface area (Å²) in [5.74, 6) is 0. The van der Waals surface area contributed by atoms with E-state index in [1.54, 1.807) is 0 Å². The molecule has 14 heavy (non-hydrogen) atoms. The fourth-order valence-electron chi connectivity index (χ4n) is 1.46. The molecule has 0 saturated carbocycles. The summed E-state index contributed by atoms with van der Waals surface area (Å²) in [6.07, 6.45) is 1.59. The van der Waals surface area contributed by atoms with Crippen molar-refractivity contribution in [1.29, 1.82) is 0 Å². The van der Waals surface area contributed by atoms with Crippen LogP contribution in [-0.2, 0) is 0 Å². The third kappa shape index (κ3) is 3.15. The number of hydrogen-bond acceptors (Lipinski definition) is 1. The van der Waals surface area contributed by atoms with Gasteiger partial charge in [0.05, 0.1) is 6.10 Å². The Morgan fingerprint density at radius 1 is 1.21 bits per heavy atom. The van der Waals surface area contributed by atoms with E-state index in [1.807, 2.05) is 30.3 Å². The molecule has 0 heterocycles. The van der Waals surface area contributed by atoms with Crippen LogP contribution in [0.1, 0.15) is 45.3 Å². The minimum Gasteiger partial charge on any atom is -0.388 e. The lowest BCUT2D eigenvalue weighted by molar-refractivity contribution is 0.112. The number of aliphatic hydroxyl groups excluding tert-OH is 1. The largest absolute Gasteiger partial charge is 0.388 e. The van der Waals surface area contributed by atoms with Gasteiger partial charge in [0.2, 0.25) is 0 Å². The van der Waals surface area contributed by atoms with Crippen LogP contribution in [0, 0.1) is 5.41 Å². The Hall–Kier alpha value is -0.820. The molecule has 1 aromatic rings. The minimum absolute atomic E-state index is 0.218. The van der Waals surface area contributed by atoms with Gasteiger partial charge in [-0.15, -0.1) is 0 Å². The molecule has 0 aliphatic rings. The van der Waals surface area contributed by atoms with Gasteiger partial charge in [-0.1, -0.05) is 57.5 Å². The van der Waals surface area contributed by atoms with E-state index in [2.05, 4.69) is 20.8 Å². The SMILES string of the molecule is CCC(C)(C)CC(O)c1ccccc1. The molecule has 1 unspecified atom stereocenters. The van der Waals surface area contributed by atoms with Gasteiger partial charge in [-0.25, -0.2) is 0 Å². The lowest BCUT2D eigenvalue weighted by atomic mass is 9.82. The van der Waals surface area contributed by atoms with Gasteiger partial charge in [0.25, 0.3) is 0 Å². The Morgan fingerprint density at radius 3 is 2.29 bits per heavy atom. The lowest BCUT2D eigenvalue weighted by Crippen LogP contribution is -2.14. The predicted molar refractivity (Wildman–Crippen MR) is 60.1 cm³/mol. The molecule has 0 bridgehead atoms. The molecule has 0 aliphatic carbocycles. The summed E-state index contributed by atoms with van der Waals surface area (Å²) in [6.45, 7) is 6.55. The maximum absolute atomic E-state index is 9.99. The third-order valence-electron chi connectivity index (χ3n) is 2.89. The van der Waals surface area contributed by atoms with E-state index >= 15 is 0 Å². The molecule has 1 aromatic carbocycles. The zero-order valence-electron chi connectivity index (χ0n) is 9.33. The maximum Gasteiger partial charge on any atom is 0.0795 e. The van der Waals surface area contributed by atoms with Crippen LogP contribution in [0.3, 0.4) is 0 Å². The second-order valence-electron chi connectivity index (χ2n) is 4.65. The van der Waals surface area contributed by atoms with E-state index in [4.69, 9.17) is 0 Å². The summed E-state index contributed by atoms with van der Waals surface area (Å²) in [4.78, 5) is 0. The normalized spacial score (nSPS) is 14.0. The van der Waals surface area contributed by atoms with Crippen LogP contribution in [0.4, 0.5) is 0 Å². The van der Waals surface area contributed by atoms with Crippen molar-refractivity contribution < 1.29 is 5.11 Å². The Balaban J connectivity index is 2.64. The zero-order chi connectivity index (χ0) is 10.6. The molecule has 1 atom stereocenters. The molecule has 0 aromatic heterocycles. The van der Waals surface area contributed by atoms with Crippen LogP contribution in [0.25, 0.3) is 0 Å². The predicted octanol–water partition coefficient (Wildman–Crippen LogP) is 3.55. The maximum atomic E-state index is 9.99. The Bertz CT molecular complexity index is 264. The number of hydrogen-bond donors (Lipinski definition) is 1. The van der Waals surface area contributed by atoms with Crippen molar-refractivity contribution in [1.82, 2.24) is 0 Å². The van der Waals surface area contributed by atoms with E-state index in [-0.39, 0.29) is 11.5 Å². The highest BCUT2D eigenvalue weighted by molar-refractivity contribution is 5.17. The monoisotopic (exact) mass is 192 g/mol. The summed E-state index contributed by atoms with van der Waals surface area (Å²) >= 11 is 0. The van der Waals surface area contributed by atoms with Gasteiger partial charge >= 0.3 is 0 Å². The van der Waals surface area contributed by atoms with Crippen molar-refractivity contribution in [3.05, 3.63) is 35.9 Å².